The van der Waals surface area contributed by atoms with Gasteiger partial charge in [0.05, 0.1) is 12.5 Å². The maximum absolute atomic E-state index is 9.06. The van der Waals surface area contributed by atoms with Gasteiger partial charge in [-0.1, -0.05) is 22.0 Å². The molecule has 1 aliphatic heterocycles. The number of halogens is 1. The summed E-state index contributed by atoms with van der Waals surface area (Å²) in [4.78, 5) is 4.77. The van der Waals surface area contributed by atoms with Crippen molar-refractivity contribution in [2.45, 2.75) is 38.3 Å². The molecule has 0 aliphatic carbocycles. The van der Waals surface area contributed by atoms with Crippen LogP contribution in [0, 0.1) is 11.3 Å². The van der Waals surface area contributed by atoms with Gasteiger partial charge in [-0.05, 0) is 45.5 Å². The Bertz CT molecular complexity index is 507. The summed E-state index contributed by atoms with van der Waals surface area (Å²) in [5.41, 5.74) is 1.32. The first-order valence-electron chi connectivity index (χ1n) is 7.04. The van der Waals surface area contributed by atoms with Gasteiger partial charge in [0.25, 0.3) is 0 Å². The Hall–Kier alpha value is -1.05. The molecule has 1 atom stereocenters. The average molecular weight is 336 g/mol. The monoisotopic (exact) mass is 335 g/mol. The first-order chi connectivity index (χ1) is 9.44. The molecule has 0 N–H and O–H groups in total. The van der Waals surface area contributed by atoms with Gasteiger partial charge in [0.2, 0.25) is 0 Å². The summed E-state index contributed by atoms with van der Waals surface area (Å²) >= 11 is 3.55. The van der Waals surface area contributed by atoms with E-state index in [2.05, 4.69) is 70.9 Å². The Kier molecular flexibility index (Phi) is 4.72. The minimum Gasteiger partial charge on any atom is -0.365 e. The highest BCUT2D eigenvalue weighted by Gasteiger charge is 2.34. The van der Waals surface area contributed by atoms with Gasteiger partial charge in [-0.3, -0.25) is 0 Å². The highest BCUT2D eigenvalue weighted by atomic mass is 79.9. The van der Waals surface area contributed by atoms with Crippen molar-refractivity contribution in [3.63, 3.8) is 0 Å². The number of likely N-dealkylation sites (N-methyl/N-ethyl adjacent to an activating group) is 1. The second-order valence-corrected chi connectivity index (χ2v) is 7.07. The summed E-state index contributed by atoms with van der Waals surface area (Å²) in [6, 6.07) is 11.1. The summed E-state index contributed by atoms with van der Waals surface area (Å²) in [5.74, 6) is 0. The lowest BCUT2D eigenvalue weighted by Gasteiger charge is -2.40. The SMILES string of the molecule is CN1CCC(C)(C)N(c2cccc(Br)c2)CC1CC#N. The van der Waals surface area contributed by atoms with Gasteiger partial charge in [0.1, 0.15) is 0 Å². The summed E-state index contributed by atoms with van der Waals surface area (Å²) in [6.07, 6.45) is 1.68. The number of nitriles is 1. The maximum atomic E-state index is 9.06. The van der Waals surface area contributed by atoms with Crippen molar-refractivity contribution < 1.29 is 0 Å². The first-order valence-corrected chi connectivity index (χ1v) is 7.84. The number of anilines is 1. The molecule has 1 heterocycles. The van der Waals surface area contributed by atoms with Gasteiger partial charge < -0.3 is 9.80 Å². The summed E-state index contributed by atoms with van der Waals surface area (Å²) in [7, 11) is 2.13. The van der Waals surface area contributed by atoms with Crippen LogP contribution >= 0.6 is 15.9 Å². The quantitative estimate of drug-likeness (QED) is 0.826. The molecule has 1 unspecified atom stereocenters. The zero-order valence-corrected chi connectivity index (χ0v) is 14.0. The van der Waals surface area contributed by atoms with Crippen molar-refractivity contribution in [1.29, 1.82) is 5.26 Å². The molecule has 1 fully saturated rings. The molecular weight excluding hydrogens is 314 g/mol. The van der Waals surface area contributed by atoms with Crippen molar-refractivity contribution in [2.24, 2.45) is 0 Å². The van der Waals surface area contributed by atoms with E-state index in [-0.39, 0.29) is 5.54 Å². The van der Waals surface area contributed by atoms with Crippen LogP contribution in [-0.4, -0.2) is 36.6 Å². The van der Waals surface area contributed by atoms with Crippen LogP contribution in [0.25, 0.3) is 0 Å². The van der Waals surface area contributed by atoms with Gasteiger partial charge >= 0.3 is 0 Å². The lowest BCUT2D eigenvalue weighted by Crippen LogP contribution is -2.46. The normalized spacial score (nSPS) is 23.1. The number of hydrogen-bond donors (Lipinski definition) is 0. The van der Waals surface area contributed by atoms with Crippen molar-refractivity contribution in [3.8, 4) is 6.07 Å². The number of benzene rings is 1. The molecule has 1 saturated heterocycles. The second kappa shape index (κ2) is 6.15. The standard InChI is InChI=1S/C16H22BrN3/c1-16(2)8-10-19(3)15(7-9-18)12-20(16)14-6-4-5-13(17)11-14/h4-6,11,15H,7-8,10,12H2,1-3H3. The van der Waals surface area contributed by atoms with Crippen LogP contribution in [0.15, 0.2) is 28.7 Å². The average Bonchev–Trinajstić information content (AvgIpc) is 2.50. The Labute approximate surface area is 130 Å². The number of nitrogens with zero attached hydrogens (tertiary/aromatic N) is 3. The topological polar surface area (TPSA) is 30.3 Å². The molecule has 3 nitrogen and oxygen atoms in total. The highest BCUT2D eigenvalue weighted by molar-refractivity contribution is 9.10. The van der Waals surface area contributed by atoms with Crippen LogP contribution in [0.5, 0.6) is 0 Å². The van der Waals surface area contributed by atoms with Crippen molar-refractivity contribution >= 4 is 21.6 Å². The largest absolute Gasteiger partial charge is 0.365 e. The van der Waals surface area contributed by atoms with E-state index in [0.29, 0.717) is 12.5 Å². The van der Waals surface area contributed by atoms with Crippen LogP contribution < -0.4 is 4.90 Å². The van der Waals surface area contributed by atoms with Gasteiger partial charge in [0, 0.05) is 34.8 Å². The Morgan fingerprint density at radius 3 is 2.85 bits per heavy atom. The Morgan fingerprint density at radius 1 is 1.45 bits per heavy atom. The maximum Gasteiger partial charge on any atom is 0.0638 e. The zero-order valence-electron chi connectivity index (χ0n) is 12.4. The van der Waals surface area contributed by atoms with Crippen molar-refractivity contribution in [3.05, 3.63) is 28.7 Å². The van der Waals surface area contributed by atoms with Crippen LogP contribution in [0.4, 0.5) is 5.69 Å². The fourth-order valence-electron chi connectivity index (χ4n) is 2.79. The summed E-state index contributed by atoms with van der Waals surface area (Å²) in [5, 5.41) is 9.06. The molecule has 0 radical (unpaired) electrons. The van der Waals surface area contributed by atoms with E-state index in [0.717, 1.165) is 24.0 Å². The third-order valence-corrected chi connectivity index (χ3v) is 4.76. The molecule has 1 aromatic rings. The molecule has 4 heteroatoms. The van der Waals surface area contributed by atoms with E-state index >= 15 is 0 Å². The van der Waals surface area contributed by atoms with E-state index < -0.39 is 0 Å². The molecule has 1 aliphatic rings. The zero-order chi connectivity index (χ0) is 14.8. The summed E-state index contributed by atoms with van der Waals surface area (Å²) in [6.45, 7) is 6.50. The minimum absolute atomic E-state index is 0.0965. The predicted octanol–water partition coefficient (Wildman–Crippen LogP) is 3.65. The molecule has 0 bridgehead atoms. The molecule has 0 aromatic heterocycles. The molecular formula is C16H22BrN3. The summed E-state index contributed by atoms with van der Waals surface area (Å²) < 4.78 is 1.10. The van der Waals surface area contributed by atoms with Crippen LogP contribution in [0.3, 0.4) is 0 Å². The third kappa shape index (κ3) is 3.34. The van der Waals surface area contributed by atoms with E-state index in [4.69, 9.17) is 5.26 Å². The molecule has 1 aromatic carbocycles. The van der Waals surface area contributed by atoms with E-state index in [1.54, 1.807) is 0 Å². The number of rotatable bonds is 2. The van der Waals surface area contributed by atoms with E-state index in [1.807, 2.05) is 6.07 Å². The van der Waals surface area contributed by atoms with E-state index in [9.17, 15) is 0 Å². The van der Waals surface area contributed by atoms with Crippen molar-refractivity contribution in [1.82, 2.24) is 4.90 Å². The fourth-order valence-corrected chi connectivity index (χ4v) is 3.18. The molecule has 2 rings (SSSR count). The second-order valence-electron chi connectivity index (χ2n) is 6.15. The highest BCUT2D eigenvalue weighted by Crippen LogP contribution is 2.32. The van der Waals surface area contributed by atoms with Gasteiger partial charge in [-0.15, -0.1) is 0 Å². The smallest absolute Gasteiger partial charge is 0.0638 e. The lowest BCUT2D eigenvalue weighted by molar-refractivity contribution is 0.260. The molecule has 108 valence electrons. The van der Waals surface area contributed by atoms with Gasteiger partial charge in [-0.25, -0.2) is 0 Å². The van der Waals surface area contributed by atoms with E-state index in [1.165, 1.54) is 5.69 Å². The Morgan fingerprint density at radius 2 is 2.20 bits per heavy atom. The van der Waals surface area contributed by atoms with Crippen LogP contribution in [0.2, 0.25) is 0 Å². The predicted molar refractivity (Wildman–Crippen MR) is 86.8 cm³/mol. The Balaban J connectivity index is 2.34. The van der Waals surface area contributed by atoms with Gasteiger partial charge in [0.15, 0.2) is 0 Å². The van der Waals surface area contributed by atoms with Gasteiger partial charge in [-0.2, -0.15) is 5.26 Å². The molecule has 0 spiro atoms. The lowest BCUT2D eigenvalue weighted by atomic mass is 9.97. The third-order valence-electron chi connectivity index (χ3n) is 4.27. The molecule has 0 saturated carbocycles. The minimum atomic E-state index is 0.0965. The molecule has 20 heavy (non-hydrogen) atoms. The number of hydrogen-bond acceptors (Lipinski definition) is 3. The first kappa shape index (κ1) is 15.3. The molecule has 0 amide bonds. The fraction of sp³-hybridized carbons (Fsp3) is 0.562. The van der Waals surface area contributed by atoms with Crippen LogP contribution in [0.1, 0.15) is 26.7 Å². The van der Waals surface area contributed by atoms with Crippen molar-refractivity contribution in [2.75, 3.05) is 25.0 Å². The van der Waals surface area contributed by atoms with Crippen LogP contribution in [-0.2, 0) is 0 Å².